The largest absolute Gasteiger partial charge is 0.386 e. The van der Waals surface area contributed by atoms with Gasteiger partial charge in [0, 0.05) is 17.0 Å². The van der Waals surface area contributed by atoms with Crippen LogP contribution >= 0.6 is 23.1 Å². The van der Waals surface area contributed by atoms with Gasteiger partial charge in [-0.3, -0.25) is 9.59 Å². The van der Waals surface area contributed by atoms with Crippen molar-refractivity contribution < 1.29 is 9.59 Å². The lowest BCUT2D eigenvalue weighted by Gasteiger charge is -2.43. The van der Waals surface area contributed by atoms with E-state index in [9.17, 15) is 14.9 Å². The minimum Gasteiger partial charge on any atom is -0.386 e. The van der Waals surface area contributed by atoms with Gasteiger partial charge in [-0.25, -0.2) is 9.98 Å². The van der Waals surface area contributed by atoms with E-state index in [1.165, 1.54) is 11.3 Å². The highest BCUT2D eigenvalue weighted by Crippen LogP contribution is 2.52. The van der Waals surface area contributed by atoms with Gasteiger partial charge in [-0.05, 0) is 12.8 Å². The maximum Gasteiger partial charge on any atom is 0.247 e. The fourth-order valence-electron chi connectivity index (χ4n) is 3.82. The molecule has 0 saturated heterocycles. The highest BCUT2D eigenvalue weighted by Gasteiger charge is 2.50. The zero-order valence-corrected chi connectivity index (χ0v) is 16.2. The molecule has 10 heteroatoms. The molecule has 1 unspecified atom stereocenters. The first-order valence-electron chi connectivity index (χ1n) is 8.58. The number of thioether (sulfide) groups is 1. The Hall–Kier alpha value is -2.38. The third-order valence-corrected chi connectivity index (χ3v) is 6.59. The average Bonchev–Trinajstić information content (AvgIpc) is 3.13. The summed E-state index contributed by atoms with van der Waals surface area (Å²) in [7, 11) is 0. The fraction of sp³-hybridized carbons (Fsp3) is 0.471. The van der Waals surface area contributed by atoms with Crippen LogP contribution in [0.3, 0.4) is 0 Å². The Morgan fingerprint density at radius 2 is 2.15 bits per heavy atom. The predicted molar refractivity (Wildman–Crippen MR) is 106 cm³/mol. The summed E-state index contributed by atoms with van der Waals surface area (Å²) in [5, 5.41) is 15.0. The molecule has 0 bridgehead atoms. The van der Waals surface area contributed by atoms with Crippen LogP contribution in [0.4, 0.5) is 5.13 Å². The van der Waals surface area contributed by atoms with Crippen molar-refractivity contribution in [2.45, 2.75) is 32.1 Å². The smallest absolute Gasteiger partial charge is 0.247 e. The predicted octanol–water partition coefficient (Wildman–Crippen LogP) is 1.97. The van der Waals surface area contributed by atoms with Gasteiger partial charge in [0.25, 0.3) is 0 Å². The van der Waals surface area contributed by atoms with Crippen LogP contribution in [0.2, 0.25) is 0 Å². The van der Waals surface area contributed by atoms with Crippen molar-refractivity contribution in [1.29, 1.82) is 5.26 Å². The monoisotopic (exact) mass is 404 g/mol. The topological polar surface area (TPSA) is 147 Å². The molecule has 27 heavy (non-hydrogen) atoms. The lowest BCUT2D eigenvalue weighted by molar-refractivity contribution is -0.116. The number of hydrogen-bond acceptors (Lipinski definition) is 8. The number of nitriles is 1. The molecule has 0 aromatic carbocycles. The molecule has 1 saturated carbocycles. The van der Waals surface area contributed by atoms with Gasteiger partial charge >= 0.3 is 0 Å². The number of nitrogens with two attached hydrogens (primary N) is 2. The highest BCUT2D eigenvalue weighted by molar-refractivity contribution is 8.03. The van der Waals surface area contributed by atoms with E-state index >= 15 is 0 Å². The number of carbonyl (C=O) groups is 2. The van der Waals surface area contributed by atoms with Crippen molar-refractivity contribution >= 4 is 45.9 Å². The van der Waals surface area contributed by atoms with Gasteiger partial charge in [0.2, 0.25) is 11.8 Å². The maximum absolute atomic E-state index is 12.3. The second-order valence-corrected chi connectivity index (χ2v) is 8.39. The Balaban J connectivity index is 1.88. The number of nitrogens with one attached hydrogen (secondary N) is 1. The van der Waals surface area contributed by atoms with Crippen LogP contribution in [0.15, 0.2) is 27.2 Å². The van der Waals surface area contributed by atoms with Crippen LogP contribution in [0.25, 0.3) is 0 Å². The number of primary amides is 1. The van der Waals surface area contributed by atoms with E-state index in [1.807, 2.05) is 0 Å². The normalized spacial score (nSPS) is 21.4. The summed E-state index contributed by atoms with van der Waals surface area (Å²) in [6, 6.07) is 2.22. The van der Waals surface area contributed by atoms with Gasteiger partial charge in [0.05, 0.1) is 17.4 Å². The van der Waals surface area contributed by atoms with Crippen molar-refractivity contribution in [3.63, 3.8) is 0 Å². The molecule has 1 aromatic rings. The van der Waals surface area contributed by atoms with Gasteiger partial charge in [0.1, 0.15) is 16.8 Å². The first kappa shape index (κ1) is 19.4. The minimum atomic E-state index is -0.710. The third kappa shape index (κ3) is 3.84. The third-order valence-electron chi connectivity index (χ3n) is 4.93. The summed E-state index contributed by atoms with van der Waals surface area (Å²) in [4.78, 5) is 32.8. The molecule has 2 heterocycles. The molecule has 1 fully saturated rings. The maximum atomic E-state index is 12.3. The van der Waals surface area contributed by atoms with Crippen LogP contribution in [-0.4, -0.2) is 28.4 Å². The Morgan fingerprint density at radius 3 is 2.74 bits per heavy atom. The lowest BCUT2D eigenvalue weighted by atomic mass is 9.60. The number of carbonyl (C=O) groups excluding carboxylic acids is 2. The number of anilines is 1. The lowest BCUT2D eigenvalue weighted by Crippen LogP contribution is -2.47. The molecular weight excluding hydrogens is 384 g/mol. The molecule has 142 valence electrons. The molecule has 8 nitrogen and oxygen atoms in total. The van der Waals surface area contributed by atoms with Crippen LogP contribution < -0.4 is 16.8 Å². The van der Waals surface area contributed by atoms with Crippen LogP contribution in [0, 0.1) is 22.7 Å². The molecule has 0 radical (unpaired) electrons. The van der Waals surface area contributed by atoms with E-state index in [1.54, 1.807) is 11.6 Å². The standard InChI is InChI=1S/C17H20N6O2S2/c18-8-10-13(19)23-15(27-9-11(24)22-16-21-6-7-26-16)12(14(20)25)17(10)4-2-1-3-5-17/h6-7,10H,1-5,9H2,(H2,19,23)(H2,20,25)(H,21,22,24). The van der Waals surface area contributed by atoms with Crippen molar-refractivity contribution in [3.05, 3.63) is 22.2 Å². The number of rotatable bonds is 5. The molecule has 1 spiro atoms. The fourth-order valence-corrected chi connectivity index (χ4v) is 5.32. The van der Waals surface area contributed by atoms with Crippen molar-refractivity contribution in [2.75, 3.05) is 11.1 Å². The van der Waals surface area contributed by atoms with E-state index < -0.39 is 17.2 Å². The Kier molecular flexibility index (Phi) is 5.82. The molecule has 5 N–H and O–H groups in total. The molecular formula is C17H20N6O2S2. The summed E-state index contributed by atoms with van der Waals surface area (Å²) in [6.45, 7) is 0. The van der Waals surface area contributed by atoms with E-state index in [0.717, 1.165) is 31.0 Å². The molecule has 1 aliphatic carbocycles. The summed E-state index contributed by atoms with van der Waals surface area (Å²) in [6.07, 6.45) is 5.75. The molecule has 2 amide bonds. The molecule has 1 aromatic heterocycles. The van der Waals surface area contributed by atoms with Crippen LogP contribution in [0.1, 0.15) is 32.1 Å². The summed E-state index contributed by atoms with van der Waals surface area (Å²) >= 11 is 2.43. The number of nitrogens with zero attached hydrogens (tertiary/aromatic N) is 3. The van der Waals surface area contributed by atoms with Gasteiger partial charge < -0.3 is 16.8 Å². The molecule has 1 aliphatic heterocycles. The van der Waals surface area contributed by atoms with Crippen LogP contribution in [0.5, 0.6) is 0 Å². The molecule has 2 aliphatic rings. The Labute approximate surface area is 165 Å². The summed E-state index contributed by atoms with van der Waals surface area (Å²) < 4.78 is 0. The van der Waals surface area contributed by atoms with E-state index in [0.29, 0.717) is 28.6 Å². The first-order valence-corrected chi connectivity index (χ1v) is 10.4. The van der Waals surface area contributed by atoms with E-state index in [2.05, 4.69) is 21.4 Å². The summed E-state index contributed by atoms with van der Waals surface area (Å²) in [5.41, 5.74) is 11.4. The highest BCUT2D eigenvalue weighted by atomic mass is 32.2. The van der Waals surface area contributed by atoms with Gasteiger partial charge in [-0.1, -0.05) is 31.0 Å². The number of amides is 2. The number of amidine groups is 1. The quantitative estimate of drug-likeness (QED) is 0.683. The van der Waals surface area contributed by atoms with Gasteiger partial charge in [0.15, 0.2) is 5.13 Å². The molecule has 3 rings (SSSR count). The van der Waals surface area contributed by atoms with Crippen LogP contribution in [-0.2, 0) is 9.59 Å². The van der Waals surface area contributed by atoms with Crippen molar-refractivity contribution in [1.82, 2.24) is 4.98 Å². The number of thiazole rings is 1. The van der Waals surface area contributed by atoms with E-state index in [-0.39, 0.29) is 17.5 Å². The first-order chi connectivity index (χ1) is 13.0. The zero-order valence-electron chi connectivity index (χ0n) is 14.6. The van der Waals surface area contributed by atoms with Gasteiger partial charge in [-0.15, -0.1) is 11.3 Å². The zero-order chi connectivity index (χ0) is 19.4. The van der Waals surface area contributed by atoms with Gasteiger partial charge in [-0.2, -0.15) is 5.26 Å². The second-order valence-electron chi connectivity index (χ2n) is 6.53. The summed E-state index contributed by atoms with van der Waals surface area (Å²) in [5.74, 6) is -1.31. The minimum absolute atomic E-state index is 0.0375. The Morgan fingerprint density at radius 1 is 1.41 bits per heavy atom. The Bertz CT molecular complexity index is 834. The SMILES string of the molecule is N#CC1C(N)=NC(SCC(=O)Nc2nccs2)=C(C(N)=O)C12CCCCC2. The number of aliphatic imine (C=N–C) groups is 1. The van der Waals surface area contributed by atoms with Crippen molar-refractivity contribution in [2.24, 2.45) is 27.8 Å². The van der Waals surface area contributed by atoms with E-state index in [4.69, 9.17) is 11.5 Å². The average molecular weight is 405 g/mol. The molecule has 1 atom stereocenters. The number of hydrogen-bond donors (Lipinski definition) is 3. The second kappa shape index (κ2) is 8.10. The number of aromatic nitrogens is 1. The van der Waals surface area contributed by atoms with Crippen molar-refractivity contribution in [3.8, 4) is 6.07 Å².